The molecular formula is C20H23FN4O3. The lowest BCUT2D eigenvalue weighted by molar-refractivity contribution is 0.0708. The highest BCUT2D eigenvalue weighted by atomic mass is 19.1. The van der Waals surface area contributed by atoms with E-state index in [0.29, 0.717) is 41.9 Å². The van der Waals surface area contributed by atoms with Crippen molar-refractivity contribution in [2.24, 2.45) is 5.92 Å². The molecule has 1 aromatic carbocycles. The molecule has 28 heavy (non-hydrogen) atoms. The maximum atomic E-state index is 14.1. The van der Waals surface area contributed by atoms with E-state index in [4.69, 9.17) is 9.47 Å². The van der Waals surface area contributed by atoms with Gasteiger partial charge in [0.15, 0.2) is 23.1 Å². The second-order valence-electron chi connectivity index (χ2n) is 7.08. The third kappa shape index (κ3) is 3.12. The van der Waals surface area contributed by atoms with Crippen molar-refractivity contribution in [3.05, 3.63) is 42.1 Å². The number of carbonyl (C=O) groups excluding carboxylic acids is 1. The first kappa shape index (κ1) is 18.5. The van der Waals surface area contributed by atoms with Crippen LogP contribution in [0.25, 0.3) is 0 Å². The maximum Gasteiger partial charge on any atom is 0.258 e. The summed E-state index contributed by atoms with van der Waals surface area (Å²) in [4.78, 5) is 24.9. The number of nitrogens with zero attached hydrogens (tertiary/aromatic N) is 4. The Morgan fingerprint density at radius 3 is 2.79 bits per heavy atom. The molecule has 0 aliphatic carbocycles. The Morgan fingerprint density at radius 2 is 2.04 bits per heavy atom. The molecule has 0 spiro atoms. The second-order valence-corrected chi connectivity index (χ2v) is 7.08. The van der Waals surface area contributed by atoms with Gasteiger partial charge in [-0.2, -0.15) is 0 Å². The van der Waals surface area contributed by atoms with E-state index in [1.165, 1.54) is 19.6 Å². The summed E-state index contributed by atoms with van der Waals surface area (Å²) in [5.41, 5.74) is 0.479. The quantitative estimate of drug-likeness (QED) is 0.804. The highest BCUT2D eigenvalue weighted by Crippen LogP contribution is 2.37. The predicted molar refractivity (Wildman–Crippen MR) is 101 cm³/mol. The van der Waals surface area contributed by atoms with E-state index in [1.807, 2.05) is 9.80 Å². The number of methoxy groups -OCH3 is 2. The SMILES string of the molecule is COc1cccc(C(=O)N2CCC3CCN(c4ncncc4F)CC32)c1OC. The first-order chi connectivity index (χ1) is 13.6. The van der Waals surface area contributed by atoms with Gasteiger partial charge in [0.1, 0.15) is 6.33 Å². The third-order valence-electron chi connectivity index (χ3n) is 5.70. The van der Waals surface area contributed by atoms with Crippen LogP contribution in [0.1, 0.15) is 23.2 Å². The number of hydrogen-bond donors (Lipinski definition) is 0. The van der Waals surface area contributed by atoms with Crippen molar-refractivity contribution in [1.29, 1.82) is 0 Å². The fourth-order valence-electron chi connectivity index (χ4n) is 4.33. The Labute approximate surface area is 163 Å². The zero-order valence-electron chi connectivity index (χ0n) is 16.0. The molecule has 8 heteroatoms. The molecule has 2 atom stereocenters. The van der Waals surface area contributed by atoms with Crippen LogP contribution in [0.15, 0.2) is 30.7 Å². The first-order valence-electron chi connectivity index (χ1n) is 9.36. The summed E-state index contributed by atoms with van der Waals surface area (Å²) >= 11 is 0. The van der Waals surface area contributed by atoms with E-state index in [0.717, 1.165) is 19.4 Å². The van der Waals surface area contributed by atoms with E-state index >= 15 is 0 Å². The molecule has 0 saturated carbocycles. The molecular weight excluding hydrogens is 363 g/mol. The van der Waals surface area contributed by atoms with Crippen molar-refractivity contribution in [3.8, 4) is 11.5 Å². The van der Waals surface area contributed by atoms with Gasteiger partial charge in [-0.1, -0.05) is 6.07 Å². The Balaban J connectivity index is 1.60. The van der Waals surface area contributed by atoms with Crippen LogP contribution < -0.4 is 14.4 Å². The lowest BCUT2D eigenvalue weighted by Crippen LogP contribution is -2.50. The van der Waals surface area contributed by atoms with Crippen LogP contribution in [-0.4, -0.2) is 60.7 Å². The van der Waals surface area contributed by atoms with Gasteiger partial charge in [-0.25, -0.2) is 14.4 Å². The summed E-state index contributed by atoms with van der Waals surface area (Å²) in [6.45, 7) is 1.95. The van der Waals surface area contributed by atoms with Crippen molar-refractivity contribution in [1.82, 2.24) is 14.9 Å². The van der Waals surface area contributed by atoms with Gasteiger partial charge in [0.25, 0.3) is 5.91 Å². The molecule has 0 radical (unpaired) electrons. The third-order valence-corrected chi connectivity index (χ3v) is 5.70. The highest BCUT2D eigenvalue weighted by Gasteiger charge is 2.42. The number of ether oxygens (including phenoxy) is 2. The molecule has 3 heterocycles. The fourth-order valence-corrected chi connectivity index (χ4v) is 4.33. The van der Waals surface area contributed by atoms with Crippen molar-refractivity contribution < 1.29 is 18.7 Å². The second kappa shape index (κ2) is 7.61. The minimum Gasteiger partial charge on any atom is -0.493 e. The lowest BCUT2D eigenvalue weighted by Gasteiger charge is -2.39. The molecule has 0 N–H and O–H groups in total. The van der Waals surface area contributed by atoms with E-state index in [2.05, 4.69) is 9.97 Å². The molecule has 2 aromatic rings. The van der Waals surface area contributed by atoms with Crippen molar-refractivity contribution in [2.75, 3.05) is 38.8 Å². The summed E-state index contributed by atoms with van der Waals surface area (Å²) in [5.74, 6) is 1.14. The summed E-state index contributed by atoms with van der Waals surface area (Å²) in [6.07, 6.45) is 4.37. The number of piperidine rings is 1. The highest BCUT2D eigenvalue weighted by molar-refractivity contribution is 5.98. The zero-order valence-corrected chi connectivity index (χ0v) is 16.0. The number of aromatic nitrogens is 2. The predicted octanol–water partition coefficient (Wildman–Crippen LogP) is 2.37. The normalized spacial score (nSPS) is 21.4. The van der Waals surface area contributed by atoms with Gasteiger partial charge >= 0.3 is 0 Å². The zero-order chi connectivity index (χ0) is 19.7. The molecule has 1 amide bonds. The largest absolute Gasteiger partial charge is 0.493 e. The van der Waals surface area contributed by atoms with Crippen molar-refractivity contribution >= 4 is 11.7 Å². The Bertz CT molecular complexity index is 878. The molecule has 1 aromatic heterocycles. The summed E-state index contributed by atoms with van der Waals surface area (Å²) < 4.78 is 24.9. The van der Waals surface area contributed by atoms with Crippen LogP contribution in [0.5, 0.6) is 11.5 Å². The van der Waals surface area contributed by atoms with Gasteiger partial charge in [-0.3, -0.25) is 4.79 Å². The van der Waals surface area contributed by atoms with Gasteiger partial charge in [-0.05, 0) is 30.9 Å². The first-order valence-corrected chi connectivity index (χ1v) is 9.36. The summed E-state index contributed by atoms with van der Waals surface area (Å²) in [6, 6.07) is 5.31. The van der Waals surface area contributed by atoms with E-state index in [9.17, 15) is 9.18 Å². The van der Waals surface area contributed by atoms with Gasteiger partial charge in [0.2, 0.25) is 0 Å². The number of rotatable bonds is 4. The molecule has 7 nitrogen and oxygen atoms in total. The average Bonchev–Trinajstić information content (AvgIpc) is 3.16. The van der Waals surface area contributed by atoms with Crippen LogP contribution in [0.4, 0.5) is 10.2 Å². The molecule has 2 aliphatic rings. The Morgan fingerprint density at radius 1 is 1.21 bits per heavy atom. The topological polar surface area (TPSA) is 67.8 Å². The van der Waals surface area contributed by atoms with Crippen LogP contribution >= 0.6 is 0 Å². The van der Waals surface area contributed by atoms with E-state index < -0.39 is 5.82 Å². The number of benzene rings is 1. The molecule has 2 unspecified atom stereocenters. The van der Waals surface area contributed by atoms with Gasteiger partial charge in [0, 0.05) is 19.6 Å². The summed E-state index contributed by atoms with van der Waals surface area (Å²) in [5, 5.41) is 0. The Hall–Kier alpha value is -2.90. The fraction of sp³-hybridized carbons (Fsp3) is 0.450. The number of para-hydroxylation sites is 1. The lowest BCUT2D eigenvalue weighted by atomic mass is 9.92. The number of anilines is 1. The average molecular weight is 386 g/mol. The number of amides is 1. The van der Waals surface area contributed by atoms with Crippen LogP contribution in [0.2, 0.25) is 0 Å². The van der Waals surface area contributed by atoms with Gasteiger partial charge in [-0.15, -0.1) is 0 Å². The van der Waals surface area contributed by atoms with Crippen molar-refractivity contribution in [3.63, 3.8) is 0 Å². The summed E-state index contributed by atoms with van der Waals surface area (Å²) in [7, 11) is 3.08. The van der Waals surface area contributed by atoms with E-state index in [1.54, 1.807) is 25.3 Å². The number of fused-ring (bicyclic) bond motifs is 1. The van der Waals surface area contributed by atoms with Gasteiger partial charge in [0.05, 0.1) is 32.0 Å². The van der Waals surface area contributed by atoms with Crippen molar-refractivity contribution in [2.45, 2.75) is 18.9 Å². The van der Waals surface area contributed by atoms with E-state index in [-0.39, 0.29) is 11.9 Å². The Kier molecular flexibility index (Phi) is 5.02. The number of carbonyl (C=O) groups is 1. The maximum absolute atomic E-state index is 14.1. The monoisotopic (exact) mass is 386 g/mol. The molecule has 4 rings (SSSR count). The van der Waals surface area contributed by atoms with Gasteiger partial charge < -0.3 is 19.3 Å². The van der Waals surface area contributed by atoms with Crippen LogP contribution in [0, 0.1) is 11.7 Å². The van der Waals surface area contributed by atoms with Crippen LogP contribution in [-0.2, 0) is 0 Å². The number of likely N-dealkylation sites (tertiary alicyclic amines) is 1. The molecule has 2 aliphatic heterocycles. The number of halogens is 1. The molecule has 0 bridgehead atoms. The molecule has 2 fully saturated rings. The molecule has 148 valence electrons. The smallest absolute Gasteiger partial charge is 0.258 e. The molecule has 2 saturated heterocycles. The van der Waals surface area contributed by atoms with Crippen LogP contribution in [0.3, 0.4) is 0 Å². The minimum atomic E-state index is -0.439. The number of hydrogen-bond acceptors (Lipinski definition) is 6. The minimum absolute atomic E-state index is 0.00604. The standard InChI is InChI=1S/C20H23FN4O3/c1-27-17-5-3-4-14(18(17)28-2)20(26)25-9-7-13-6-8-24(11-16(13)25)19-15(21)10-22-12-23-19/h3-5,10,12-13,16H,6-9,11H2,1-2H3.